The smallest absolute Gasteiger partial charge is 0.251 e. The fourth-order valence-corrected chi connectivity index (χ4v) is 2.24. The normalized spacial score (nSPS) is 10.3. The number of rotatable bonds is 4. The van der Waals surface area contributed by atoms with E-state index in [1.54, 1.807) is 18.2 Å². The Hall–Kier alpha value is -2.00. The van der Waals surface area contributed by atoms with E-state index in [1.807, 2.05) is 31.2 Å². The van der Waals surface area contributed by atoms with Gasteiger partial charge in [-0.15, -0.1) is 0 Å². The molecule has 2 N–H and O–H groups in total. The van der Waals surface area contributed by atoms with Crippen LogP contribution in [0, 0.1) is 6.92 Å². The Morgan fingerprint density at radius 1 is 1.20 bits per heavy atom. The maximum absolute atomic E-state index is 12.0. The molecule has 0 saturated carbocycles. The Labute approximate surface area is 123 Å². The van der Waals surface area contributed by atoms with Gasteiger partial charge in [-0.25, -0.2) is 0 Å². The van der Waals surface area contributed by atoms with Gasteiger partial charge >= 0.3 is 0 Å². The number of carbonyl (C=O) groups is 1. The predicted octanol–water partition coefficient (Wildman–Crippen LogP) is 3.33. The van der Waals surface area contributed by atoms with Crippen LogP contribution in [0.1, 0.15) is 21.5 Å². The van der Waals surface area contributed by atoms with Crippen molar-refractivity contribution in [3.05, 3.63) is 64.2 Å². The van der Waals surface area contributed by atoms with E-state index in [-0.39, 0.29) is 11.7 Å². The zero-order valence-electron chi connectivity index (χ0n) is 11.2. The number of benzene rings is 2. The van der Waals surface area contributed by atoms with E-state index in [2.05, 4.69) is 5.32 Å². The Morgan fingerprint density at radius 2 is 1.90 bits per heavy atom. The van der Waals surface area contributed by atoms with E-state index in [9.17, 15) is 9.90 Å². The third-order valence-electron chi connectivity index (χ3n) is 2.94. The number of hydrogen-bond acceptors (Lipinski definition) is 2. The Bertz CT molecular complexity index is 588. The lowest BCUT2D eigenvalue weighted by atomic mass is 10.1. The summed E-state index contributed by atoms with van der Waals surface area (Å²) < 4.78 is 0. The van der Waals surface area contributed by atoms with Crippen LogP contribution in [-0.2, 0) is 6.42 Å². The van der Waals surface area contributed by atoms with Gasteiger partial charge in [0.05, 0.1) is 0 Å². The topological polar surface area (TPSA) is 49.3 Å². The molecular formula is C16H16ClNO2. The van der Waals surface area contributed by atoms with Gasteiger partial charge in [0, 0.05) is 17.1 Å². The van der Waals surface area contributed by atoms with Gasteiger partial charge < -0.3 is 10.4 Å². The van der Waals surface area contributed by atoms with Crippen molar-refractivity contribution in [3.8, 4) is 5.75 Å². The van der Waals surface area contributed by atoms with Crippen molar-refractivity contribution in [3.63, 3.8) is 0 Å². The first-order valence-corrected chi connectivity index (χ1v) is 6.76. The van der Waals surface area contributed by atoms with Crippen LogP contribution in [0.2, 0.25) is 5.02 Å². The molecule has 3 nitrogen and oxygen atoms in total. The van der Waals surface area contributed by atoms with Crippen molar-refractivity contribution in [1.82, 2.24) is 5.32 Å². The SMILES string of the molecule is Cc1cc(Cl)cc(C(=O)NCCc2ccc(O)cc2)c1. The number of carbonyl (C=O) groups excluding carboxylic acids is 1. The number of aryl methyl sites for hydroxylation is 1. The number of amides is 1. The minimum absolute atomic E-state index is 0.130. The molecule has 0 aliphatic heterocycles. The van der Waals surface area contributed by atoms with Crippen LogP contribution < -0.4 is 5.32 Å². The molecule has 1 amide bonds. The average Bonchev–Trinajstić information content (AvgIpc) is 2.40. The van der Waals surface area contributed by atoms with Gasteiger partial charge in [-0.05, 0) is 54.8 Å². The number of hydrogen-bond donors (Lipinski definition) is 2. The van der Waals surface area contributed by atoms with E-state index >= 15 is 0 Å². The zero-order chi connectivity index (χ0) is 14.5. The molecule has 2 aromatic carbocycles. The van der Waals surface area contributed by atoms with Crippen molar-refractivity contribution < 1.29 is 9.90 Å². The average molecular weight is 290 g/mol. The summed E-state index contributed by atoms with van der Waals surface area (Å²) in [6.07, 6.45) is 0.714. The molecule has 0 aromatic heterocycles. The lowest BCUT2D eigenvalue weighted by Crippen LogP contribution is -2.25. The molecule has 0 aliphatic carbocycles. The molecule has 2 rings (SSSR count). The number of phenolic OH excluding ortho intramolecular Hbond substituents is 1. The first-order chi connectivity index (χ1) is 9.54. The summed E-state index contributed by atoms with van der Waals surface area (Å²) in [5.41, 5.74) is 2.59. The van der Waals surface area contributed by atoms with Gasteiger partial charge in [-0.1, -0.05) is 23.7 Å². The number of phenols is 1. The van der Waals surface area contributed by atoms with Crippen molar-refractivity contribution in [1.29, 1.82) is 0 Å². The molecular weight excluding hydrogens is 274 g/mol. The highest BCUT2D eigenvalue weighted by Gasteiger charge is 2.06. The largest absolute Gasteiger partial charge is 0.508 e. The lowest BCUT2D eigenvalue weighted by molar-refractivity contribution is 0.0954. The molecule has 20 heavy (non-hydrogen) atoms. The van der Waals surface area contributed by atoms with E-state index in [0.717, 1.165) is 11.1 Å². The van der Waals surface area contributed by atoms with E-state index in [4.69, 9.17) is 11.6 Å². The molecule has 0 unspecified atom stereocenters. The quantitative estimate of drug-likeness (QED) is 0.907. The Morgan fingerprint density at radius 3 is 2.55 bits per heavy atom. The van der Waals surface area contributed by atoms with Crippen molar-refractivity contribution in [2.75, 3.05) is 6.54 Å². The van der Waals surface area contributed by atoms with Crippen LogP contribution >= 0.6 is 11.6 Å². The highest BCUT2D eigenvalue weighted by molar-refractivity contribution is 6.31. The fraction of sp³-hybridized carbons (Fsp3) is 0.188. The van der Waals surface area contributed by atoms with Crippen LogP contribution in [0.4, 0.5) is 0 Å². The lowest BCUT2D eigenvalue weighted by Gasteiger charge is -2.07. The van der Waals surface area contributed by atoms with Crippen LogP contribution in [0.25, 0.3) is 0 Å². The van der Waals surface area contributed by atoms with E-state index in [1.165, 1.54) is 0 Å². The van der Waals surface area contributed by atoms with E-state index in [0.29, 0.717) is 23.6 Å². The summed E-state index contributed by atoms with van der Waals surface area (Å²) in [5, 5.41) is 12.6. The summed E-state index contributed by atoms with van der Waals surface area (Å²) in [6.45, 7) is 2.44. The summed E-state index contributed by atoms with van der Waals surface area (Å²) in [5.74, 6) is 0.113. The molecule has 4 heteroatoms. The second kappa shape index (κ2) is 6.44. The molecule has 0 spiro atoms. The molecule has 0 radical (unpaired) electrons. The predicted molar refractivity (Wildman–Crippen MR) is 80.3 cm³/mol. The van der Waals surface area contributed by atoms with Crippen molar-refractivity contribution >= 4 is 17.5 Å². The molecule has 0 saturated heterocycles. The van der Waals surface area contributed by atoms with Gasteiger partial charge in [0.15, 0.2) is 0 Å². The molecule has 0 heterocycles. The maximum atomic E-state index is 12.0. The summed E-state index contributed by atoms with van der Waals surface area (Å²) in [4.78, 5) is 12.0. The molecule has 0 bridgehead atoms. The number of nitrogens with one attached hydrogen (secondary N) is 1. The molecule has 0 aliphatic rings. The molecule has 104 valence electrons. The molecule has 2 aromatic rings. The van der Waals surface area contributed by atoms with Crippen molar-refractivity contribution in [2.45, 2.75) is 13.3 Å². The number of halogens is 1. The fourth-order valence-electron chi connectivity index (χ4n) is 1.95. The summed E-state index contributed by atoms with van der Waals surface area (Å²) >= 11 is 5.94. The Balaban J connectivity index is 1.90. The number of aromatic hydroxyl groups is 1. The van der Waals surface area contributed by atoms with E-state index < -0.39 is 0 Å². The van der Waals surface area contributed by atoms with Crippen LogP contribution in [0.15, 0.2) is 42.5 Å². The summed E-state index contributed by atoms with van der Waals surface area (Å²) in [6, 6.07) is 12.2. The summed E-state index contributed by atoms with van der Waals surface area (Å²) in [7, 11) is 0. The third-order valence-corrected chi connectivity index (χ3v) is 3.16. The minimum Gasteiger partial charge on any atom is -0.508 e. The first kappa shape index (κ1) is 14.4. The van der Waals surface area contributed by atoms with Gasteiger partial charge in [0.2, 0.25) is 0 Å². The zero-order valence-corrected chi connectivity index (χ0v) is 11.9. The van der Waals surface area contributed by atoms with Crippen molar-refractivity contribution in [2.24, 2.45) is 0 Å². The van der Waals surface area contributed by atoms with Gasteiger partial charge in [0.1, 0.15) is 5.75 Å². The first-order valence-electron chi connectivity index (χ1n) is 6.38. The Kier molecular flexibility index (Phi) is 4.64. The van der Waals surface area contributed by atoms with Crippen LogP contribution in [-0.4, -0.2) is 17.6 Å². The van der Waals surface area contributed by atoms with Crippen LogP contribution in [0.5, 0.6) is 5.75 Å². The third kappa shape index (κ3) is 4.00. The van der Waals surface area contributed by atoms with Gasteiger partial charge in [0.25, 0.3) is 5.91 Å². The standard InChI is InChI=1S/C16H16ClNO2/c1-11-8-13(10-14(17)9-11)16(20)18-7-6-12-2-4-15(19)5-3-12/h2-5,8-10,19H,6-7H2,1H3,(H,18,20). The maximum Gasteiger partial charge on any atom is 0.251 e. The highest BCUT2D eigenvalue weighted by atomic mass is 35.5. The second-order valence-corrected chi connectivity index (χ2v) is 5.13. The second-order valence-electron chi connectivity index (χ2n) is 4.69. The minimum atomic E-state index is -0.130. The molecule has 0 atom stereocenters. The monoisotopic (exact) mass is 289 g/mol. The van der Waals surface area contributed by atoms with Gasteiger partial charge in [-0.2, -0.15) is 0 Å². The van der Waals surface area contributed by atoms with Gasteiger partial charge in [-0.3, -0.25) is 4.79 Å². The molecule has 0 fully saturated rings. The highest BCUT2D eigenvalue weighted by Crippen LogP contribution is 2.14. The van der Waals surface area contributed by atoms with Crippen LogP contribution in [0.3, 0.4) is 0 Å².